The number of hydrogen-bond donors (Lipinski definition) is 2. The molecule has 0 aromatic heterocycles. The smallest absolute Gasteiger partial charge is 0.345 e. The molecule has 0 spiro atoms. The fraction of sp³-hybridized carbons (Fsp3) is 0.600. The standard InChI is InChI=1S/C10H16N2O3/c1-4-15-10(14)6-8(13)7(5(2)3)12-9(6)11/h5,7,13H,4H2,1-3H3,(H2,11,12)/t7-/m0/s1. The van der Waals surface area contributed by atoms with Crippen molar-refractivity contribution >= 4 is 11.8 Å². The number of carbonyl (C=O) groups is 1. The molecule has 0 aliphatic carbocycles. The SMILES string of the molecule is CCOC(=O)C1=C(O)[C@H](C(C)C)N=C1N. The molecular weight excluding hydrogens is 196 g/mol. The molecule has 0 aromatic carbocycles. The van der Waals surface area contributed by atoms with Crippen molar-refractivity contribution in [1.29, 1.82) is 0 Å². The number of nitrogens with two attached hydrogens (primary N) is 1. The van der Waals surface area contributed by atoms with E-state index in [2.05, 4.69) is 4.99 Å². The molecule has 1 heterocycles. The molecule has 84 valence electrons. The molecule has 0 unspecified atom stereocenters. The number of hydrogen-bond acceptors (Lipinski definition) is 5. The second kappa shape index (κ2) is 4.33. The zero-order valence-corrected chi connectivity index (χ0v) is 9.15. The first-order valence-corrected chi connectivity index (χ1v) is 4.92. The fourth-order valence-corrected chi connectivity index (χ4v) is 1.43. The molecular formula is C10H16N2O3. The predicted octanol–water partition coefficient (Wildman–Crippen LogP) is 0.757. The average molecular weight is 212 g/mol. The molecule has 1 atom stereocenters. The van der Waals surface area contributed by atoms with Gasteiger partial charge in [-0.2, -0.15) is 0 Å². The van der Waals surface area contributed by atoms with E-state index in [0.29, 0.717) is 0 Å². The molecule has 3 N–H and O–H groups in total. The summed E-state index contributed by atoms with van der Waals surface area (Å²) < 4.78 is 4.78. The highest BCUT2D eigenvalue weighted by Gasteiger charge is 2.33. The summed E-state index contributed by atoms with van der Waals surface area (Å²) in [5.41, 5.74) is 5.57. The van der Waals surface area contributed by atoms with Crippen molar-refractivity contribution in [3.63, 3.8) is 0 Å². The Morgan fingerprint density at radius 3 is 2.67 bits per heavy atom. The fourth-order valence-electron chi connectivity index (χ4n) is 1.43. The lowest BCUT2D eigenvalue weighted by molar-refractivity contribution is -0.138. The van der Waals surface area contributed by atoms with Gasteiger partial charge in [0.15, 0.2) is 0 Å². The number of aliphatic hydroxyl groups is 1. The summed E-state index contributed by atoms with van der Waals surface area (Å²) >= 11 is 0. The van der Waals surface area contributed by atoms with E-state index in [-0.39, 0.29) is 29.7 Å². The zero-order chi connectivity index (χ0) is 11.6. The Morgan fingerprint density at radius 2 is 2.27 bits per heavy atom. The number of carbonyl (C=O) groups excluding carboxylic acids is 1. The highest BCUT2D eigenvalue weighted by molar-refractivity contribution is 6.20. The largest absolute Gasteiger partial charge is 0.509 e. The molecule has 5 heteroatoms. The summed E-state index contributed by atoms with van der Waals surface area (Å²) in [4.78, 5) is 15.5. The third-order valence-corrected chi connectivity index (χ3v) is 2.18. The van der Waals surface area contributed by atoms with Gasteiger partial charge in [0.25, 0.3) is 0 Å². The van der Waals surface area contributed by atoms with E-state index in [0.717, 1.165) is 0 Å². The summed E-state index contributed by atoms with van der Waals surface area (Å²) in [6.07, 6.45) is 0. The van der Waals surface area contributed by atoms with Gasteiger partial charge in [0.1, 0.15) is 23.2 Å². The average Bonchev–Trinajstić information content (AvgIpc) is 2.42. The lowest BCUT2D eigenvalue weighted by Gasteiger charge is -2.11. The van der Waals surface area contributed by atoms with Crippen LogP contribution in [0.25, 0.3) is 0 Å². The molecule has 0 saturated heterocycles. The lowest BCUT2D eigenvalue weighted by Crippen LogP contribution is -2.21. The number of nitrogens with zero attached hydrogens (tertiary/aromatic N) is 1. The van der Waals surface area contributed by atoms with Crippen LogP contribution in [0.2, 0.25) is 0 Å². The number of aliphatic imine (C=N–C) groups is 1. The van der Waals surface area contributed by atoms with Gasteiger partial charge in [0.2, 0.25) is 0 Å². The number of aliphatic hydroxyl groups excluding tert-OH is 1. The molecule has 0 amide bonds. The van der Waals surface area contributed by atoms with Crippen molar-refractivity contribution < 1.29 is 14.6 Å². The number of amidine groups is 1. The number of ether oxygens (including phenoxy) is 1. The van der Waals surface area contributed by atoms with Crippen LogP contribution in [0.3, 0.4) is 0 Å². The summed E-state index contributed by atoms with van der Waals surface area (Å²) in [6.45, 7) is 5.73. The van der Waals surface area contributed by atoms with Crippen molar-refractivity contribution in [2.75, 3.05) is 6.61 Å². The van der Waals surface area contributed by atoms with E-state index in [4.69, 9.17) is 10.5 Å². The predicted molar refractivity (Wildman–Crippen MR) is 56.5 cm³/mol. The summed E-state index contributed by atoms with van der Waals surface area (Å²) in [5, 5.41) is 9.77. The van der Waals surface area contributed by atoms with Crippen LogP contribution in [0.4, 0.5) is 0 Å². The second-order valence-electron chi connectivity index (χ2n) is 3.68. The first kappa shape index (κ1) is 11.6. The topological polar surface area (TPSA) is 84.9 Å². The molecule has 0 saturated carbocycles. The Morgan fingerprint density at radius 1 is 1.67 bits per heavy atom. The van der Waals surface area contributed by atoms with Crippen molar-refractivity contribution in [3.05, 3.63) is 11.3 Å². The monoisotopic (exact) mass is 212 g/mol. The van der Waals surface area contributed by atoms with Crippen LogP contribution in [-0.2, 0) is 9.53 Å². The van der Waals surface area contributed by atoms with Gasteiger partial charge in [-0.1, -0.05) is 13.8 Å². The van der Waals surface area contributed by atoms with Crippen molar-refractivity contribution in [1.82, 2.24) is 0 Å². The van der Waals surface area contributed by atoms with Gasteiger partial charge < -0.3 is 15.6 Å². The Hall–Kier alpha value is -1.52. The van der Waals surface area contributed by atoms with E-state index in [1.54, 1.807) is 6.92 Å². The Balaban J connectivity index is 2.97. The van der Waals surface area contributed by atoms with Gasteiger partial charge >= 0.3 is 5.97 Å². The van der Waals surface area contributed by atoms with Crippen molar-refractivity contribution in [3.8, 4) is 0 Å². The van der Waals surface area contributed by atoms with E-state index in [9.17, 15) is 9.90 Å². The number of esters is 1. The van der Waals surface area contributed by atoms with Crippen LogP contribution in [-0.4, -0.2) is 29.6 Å². The molecule has 1 aliphatic rings. The van der Waals surface area contributed by atoms with Gasteiger partial charge in [-0.05, 0) is 12.8 Å². The maximum Gasteiger partial charge on any atom is 0.345 e. The number of rotatable bonds is 3. The maximum atomic E-state index is 11.4. The quantitative estimate of drug-likeness (QED) is 0.676. The Kier molecular flexibility index (Phi) is 3.34. The summed E-state index contributed by atoms with van der Waals surface area (Å²) in [7, 11) is 0. The Labute approximate surface area is 88.6 Å². The minimum absolute atomic E-state index is 0.00977. The van der Waals surface area contributed by atoms with Crippen LogP contribution in [0.1, 0.15) is 20.8 Å². The third-order valence-electron chi connectivity index (χ3n) is 2.18. The van der Waals surface area contributed by atoms with Crippen LogP contribution < -0.4 is 5.73 Å². The third kappa shape index (κ3) is 2.11. The maximum absolute atomic E-state index is 11.4. The first-order chi connectivity index (χ1) is 6.99. The van der Waals surface area contributed by atoms with E-state index in [1.165, 1.54) is 0 Å². The molecule has 0 fully saturated rings. The first-order valence-electron chi connectivity index (χ1n) is 4.92. The van der Waals surface area contributed by atoms with Gasteiger partial charge in [-0.25, -0.2) is 4.79 Å². The van der Waals surface area contributed by atoms with E-state index >= 15 is 0 Å². The van der Waals surface area contributed by atoms with Crippen LogP contribution in [0, 0.1) is 5.92 Å². The van der Waals surface area contributed by atoms with Crippen LogP contribution in [0.15, 0.2) is 16.3 Å². The molecule has 0 bridgehead atoms. The molecule has 5 nitrogen and oxygen atoms in total. The normalized spacial score (nSPS) is 20.8. The zero-order valence-electron chi connectivity index (χ0n) is 9.15. The van der Waals surface area contributed by atoms with Crippen LogP contribution in [0.5, 0.6) is 0 Å². The van der Waals surface area contributed by atoms with Gasteiger partial charge in [-0.3, -0.25) is 4.99 Å². The Bertz CT molecular complexity index is 332. The van der Waals surface area contributed by atoms with E-state index in [1.807, 2.05) is 13.8 Å². The van der Waals surface area contributed by atoms with Gasteiger partial charge in [0, 0.05) is 0 Å². The molecule has 1 aliphatic heterocycles. The van der Waals surface area contributed by atoms with Crippen molar-refractivity contribution in [2.24, 2.45) is 16.6 Å². The van der Waals surface area contributed by atoms with Crippen molar-refractivity contribution in [2.45, 2.75) is 26.8 Å². The highest BCUT2D eigenvalue weighted by Crippen LogP contribution is 2.24. The van der Waals surface area contributed by atoms with Crippen LogP contribution >= 0.6 is 0 Å². The summed E-state index contributed by atoms with van der Waals surface area (Å²) in [5.74, 6) is -0.541. The molecule has 0 aromatic rings. The van der Waals surface area contributed by atoms with Gasteiger partial charge in [-0.15, -0.1) is 0 Å². The van der Waals surface area contributed by atoms with E-state index < -0.39 is 12.0 Å². The lowest BCUT2D eigenvalue weighted by atomic mass is 10.0. The van der Waals surface area contributed by atoms with Gasteiger partial charge in [0.05, 0.1) is 6.61 Å². The minimum Gasteiger partial charge on any atom is -0.509 e. The summed E-state index contributed by atoms with van der Waals surface area (Å²) in [6, 6.07) is -0.426. The molecule has 0 radical (unpaired) electrons. The molecule has 1 rings (SSSR count). The minimum atomic E-state index is -0.612. The molecule has 15 heavy (non-hydrogen) atoms. The second-order valence-corrected chi connectivity index (χ2v) is 3.68. The highest BCUT2D eigenvalue weighted by atomic mass is 16.5.